The summed E-state index contributed by atoms with van der Waals surface area (Å²) in [5, 5.41) is 3.01. The fourth-order valence-corrected chi connectivity index (χ4v) is 2.65. The fourth-order valence-electron chi connectivity index (χ4n) is 2.65. The van der Waals surface area contributed by atoms with Crippen molar-refractivity contribution in [1.82, 2.24) is 10.3 Å². The molecule has 1 aromatic rings. The summed E-state index contributed by atoms with van der Waals surface area (Å²) in [4.78, 5) is 16.6. The average Bonchev–Trinajstić information content (AvgIpc) is 2.52. The predicted octanol–water partition coefficient (Wildman–Crippen LogP) is 2.25. The molecule has 3 N–H and O–H groups in total. The number of rotatable bonds is 9. The van der Waals surface area contributed by atoms with Crippen molar-refractivity contribution < 1.29 is 9.53 Å². The monoisotopic (exact) mass is 293 g/mol. The minimum atomic E-state index is -0.444. The van der Waals surface area contributed by atoms with Crippen molar-refractivity contribution in [2.45, 2.75) is 46.1 Å². The van der Waals surface area contributed by atoms with Crippen molar-refractivity contribution in [3.63, 3.8) is 0 Å². The van der Waals surface area contributed by atoms with Crippen molar-refractivity contribution in [1.29, 1.82) is 0 Å². The van der Waals surface area contributed by atoms with E-state index in [-0.39, 0.29) is 5.91 Å². The van der Waals surface area contributed by atoms with Crippen LogP contribution in [0.3, 0.4) is 0 Å². The Bertz CT molecular complexity index is 443. The number of amides is 1. The third-order valence-corrected chi connectivity index (χ3v) is 3.79. The SMILES string of the molecule is CCCC(CN)(CCC)C(=O)NCc1ccnc(OC)c1. The van der Waals surface area contributed by atoms with Gasteiger partial charge in [0, 0.05) is 25.4 Å². The van der Waals surface area contributed by atoms with E-state index >= 15 is 0 Å². The number of carbonyl (C=O) groups is 1. The minimum absolute atomic E-state index is 0.0458. The Morgan fingerprint density at radius 2 is 2.05 bits per heavy atom. The van der Waals surface area contributed by atoms with Crippen LogP contribution in [-0.4, -0.2) is 24.5 Å². The summed E-state index contributed by atoms with van der Waals surface area (Å²) in [6, 6.07) is 3.69. The van der Waals surface area contributed by atoms with E-state index in [0.717, 1.165) is 31.2 Å². The largest absolute Gasteiger partial charge is 0.481 e. The van der Waals surface area contributed by atoms with Crippen LogP contribution in [0.25, 0.3) is 0 Å². The van der Waals surface area contributed by atoms with Gasteiger partial charge in [-0.2, -0.15) is 0 Å². The van der Waals surface area contributed by atoms with Gasteiger partial charge in [0.2, 0.25) is 11.8 Å². The van der Waals surface area contributed by atoms with E-state index in [1.54, 1.807) is 13.3 Å². The number of methoxy groups -OCH3 is 1. The van der Waals surface area contributed by atoms with Crippen LogP contribution in [-0.2, 0) is 11.3 Å². The van der Waals surface area contributed by atoms with Gasteiger partial charge >= 0.3 is 0 Å². The molecule has 1 rings (SSSR count). The number of nitrogens with zero attached hydrogens (tertiary/aromatic N) is 1. The summed E-state index contributed by atoms with van der Waals surface area (Å²) in [7, 11) is 1.58. The second kappa shape index (κ2) is 8.62. The van der Waals surface area contributed by atoms with E-state index in [9.17, 15) is 4.79 Å². The molecule has 0 saturated carbocycles. The van der Waals surface area contributed by atoms with Crippen LogP contribution >= 0.6 is 0 Å². The van der Waals surface area contributed by atoms with E-state index < -0.39 is 5.41 Å². The first-order chi connectivity index (χ1) is 10.1. The number of pyridine rings is 1. The lowest BCUT2D eigenvalue weighted by molar-refractivity contribution is -0.131. The van der Waals surface area contributed by atoms with Gasteiger partial charge in [0.05, 0.1) is 12.5 Å². The van der Waals surface area contributed by atoms with Gasteiger partial charge < -0.3 is 15.8 Å². The number of nitrogens with two attached hydrogens (primary N) is 1. The molecule has 1 amide bonds. The molecule has 0 spiro atoms. The molecule has 1 aromatic heterocycles. The summed E-state index contributed by atoms with van der Waals surface area (Å²) in [6.07, 6.45) is 5.22. The van der Waals surface area contributed by atoms with E-state index in [4.69, 9.17) is 10.5 Å². The normalized spacial score (nSPS) is 11.2. The van der Waals surface area contributed by atoms with Crippen LogP contribution in [0.4, 0.5) is 0 Å². The van der Waals surface area contributed by atoms with Gasteiger partial charge in [-0.25, -0.2) is 4.98 Å². The summed E-state index contributed by atoms with van der Waals surface area (Å²) in [5.74, 6) is 0.596. The number of ether oxygens (including phenoxy) is 1. The zero-order chi connectivity index (χ0) is 15.7. The zero-order valence-electron chi connectivity index (χ0n) is 13.3. The van der Waals surface area contributed by atoms with Crippen molar-refractivity contribution >= 4 is 5.91 Å². The first-order valence-corrected chi connectivity index (χ1v) is 7.59. The predicted molar refractivity (Wildman–Crippen MR) is 83.9 cm³/mol. The molecule has 118 valence electrons. The van der Waals surface area contributed by atoms with E-state index in [1.165, 1.54) is 0 Å². The third-order valence-electron chi connectivity index (χ3n) is 3.79. The second-order valence-corrected chi connectivity index (χ2v) is 5.37. The van der Waals surface area contributed by atoms with E-state index in [0.29, 0.717) is 19.0 Å². The molecular weight excluding hydrogens is 266 g/mol. The van der Waals surface area contributed by atoms with Crippen molar-refractivity contribution in [2.24, 2.45) is 11.1 Å². The van der Waals surface area contributed by atoms with Crippen molar-refractivity contribution in [3.05, 3.63) is 23.9 Å². The molecule has 5 nitrogen and oxygen atoms in total. The number of aromatic nitrogens is 1. The molecular formula is C16H27N3O2. The average molecular weight is 293 g/mol. The lowest BCUT2D eigenvalue weighted by Gasteiger charge is -2.30. The summed E-state index contributed by atoms with van der Waals surface area (Å²) >= 11 is 0. The van der Waals surface area contributed by atoms with Crippen LogP contribution < -0.4 is 15.8 Å². The lowest BCUT2D eigenvalue weighted by Crippen LogP contribution is -2.45. The number of hydrogen-bond acceptors (Lipinski definition) is 4. The fraction of sp³-hybridized carbons (Fsp3) is 0.625. The smallest absolute Gasteiger partial charge is 0.227 e. The highest BCUT2D eigenvalue weighted by atomic mass is 16.5. The van der Waals surface area contributed by atoms with Gasteiger partial charge in [-0.15, -0.1) is 0 Å². The Balaban J connectivity index is 2.72. The molecule has 0 saturated heterocycles. The summed E-state index contributed by atoms with van der Waals surface area (Å²) in [5.41, 5.74) is 6.43. The number of carbonyl (C=O) groups excluding carboxylic acids is 1. The molecule has 0 radical (unpaired) electrons. The molecule has 1 heterocycles. The maximum Gasteiger partial charge on any atom is 0.227 e. The molecule has 0 aromatic carbocycles. The van der Waals surface area contributed by atoms with Crippen LogP contribution in [0.1, 0.15) is 45.1 Å². The molecule has 0 aliphatic carbocycles. The second-order valence-electron chi connectivity index (χ2n) is 5.37. The molecule has 0 fully saturated rings. The molecule has 0 aliphatic heterocycles. The summed E-state index contributed by atoms with van der Waals surface area (Å²) < 4.78 is 5.08. The van der Waals surface area contributed by atoms with Gasteiger partial charge in [0.15, 0.2) is 0 Å². The lowest BCUT2D eigenvalue weighted by atomic mass is 9.78. The van der Waals surface area contributed by atoms with Gasteiger partial charge in [0.25, 0.3) is 0 Å². The van der Waals surface area contributed by atoms with Crippen LogP contribution in [0.5, 0.6) is 5.88 Å². The minimum Gasteiger partial charge on any atom is -0.481 e. The van der Waals surface area contributed by atoms with E-state index in [1.807, 2.05) is 12.1 Å². The molecule has 0 aliphatic rings. The van der Waals surface area contributed by atoms with Crippen LogP contribution in [0.2, 0.25) is 0 Å². The standard InChI is InChI=1S/C16H27N3O2/c1-4-7-16(12-17,8-5-2)15(20)19-11-13-6-9-18-14(10-13)21-3/h6,9-10H,4-5,7-8,11-12,17H2,1-3H3,(H,19,20). The Morgan fingerprint density at radius 1 is 1.38 bits per heavy atom. The van der Waals surface area contributed by atoms with Crippen LogP contribution in [0, 0.1) is 5.41 Å². The van der Waals surface area contributed by atoms with Crippen LogP contribution in [0.15, 0.2) is 18.3 Å². The highest BCUT2D eigenvalue weighted by molar-refractivity contribution is 5.82. The Hall–Kier alpha value is -1.62. The highest BCUT2D eigenvalue weighted by Gasteiger charge is 2.34. The van der Waals surface area contributed by atoms with Gasteiger partial charge in [0.1, 0.15) is 0 Å². The van der Waals surface area contributed by atoms with Gasteiger partial charge in [-0.1, -0.05) is 26.7 Å². The topological polar surface area (TPSA) is 77.2 Å². The molecule has 21 heavy (non-hydrogen) atoms. The maximum atomic E-state index is 12.6. The zero-order valence-corrected chi connectivity index (χ0v) is 13.3. The molecule has 0 unspecified atom stereocenters. The van der Waals surface area contributed by atoms with E-state index in [2.05, 4.69) is 24.1 Å². The van der Waals surface area contributed by atoms with Crippen molar-refractivity contribution in [2.75, 3.05) is 13.7 Å². The first-order valence-electron chi connectivity index (χ1n) is 7.59. The number of hydrogen-bond donors (Lipinski definition) is 2. The maximum absolute atomic E-state index is 12.6. The molecule has 0 atom stereocenters. The first kappa shape index (κ1) is 17.4. The Kier molecular flexibility index (Phi) is 7.15. The quantitative estimate of drug-likeness (QED) is 0.732. The third kappa shape index (κ3) is 4.70. The van der Waals surface area contributed by atoms with Gasteiger partial charge in [-0.05, 0) is 24.5 Å². The highest BCUT2D eigenvalue weighted by Crippen LogP contribution is 2.29. The molecule has 5 heteroatoms. The molecule has 0 bridgehead atoms. The Morgan fingerprint density at radius 3 is 2.57 bits per heavy atom. The van der Waals surface area contributed by atoms with Gasteiger partial charge in [-0.3, -0.25) is 4.79 Å². The number of nitrogens with one attached hydrogen (secondary N) is 1. The Labute approximate surface area is 127 Å². The van der Waals surface area contributed by atoms with Crippen molar-refractivity contribution in [3.8, 4) is 5.88 Å². The summed E-state index contributed by atoms with van der Waals surface area (Å²) in [6.45, 7) is 5.02.